The van der Waals surface area contributed by atoms with Crippen molar-refractivity contribution >= 4 is 35.0 Å². The minimum atomic E-state index is -0.0846. The van der Waals surface area contributed by atoms with Crippen LogP contribution in [0.4, 0.5) is 22.1 Å². The van der Waals surface area contributed by atoms with E-state index in [2.05, 4.69) is 31.2 Å². The van der Waals surface area contributed by atoms with Gasteiger partial charge in [0, 0.05) is 56.0 Å². The summed E-state index contributed by atoms with van der Waals surface area (Å²) in [6.45, 7) is 6.89. The summed E-state index contributed by atoms with van der Waals surface area (Å²) in [5, 5.41) is 3.58. The molecule has 2 aromatic rings. The number of anilines is 3. The Morgan fingerprint density at radius 1 is 0.929 bits per heavy atom. The number of hydrogen-bond acceptors (Lipinski definition) is 5. The Morgan fingerprint density at radius 3 is 2.11 bits per heavy atom. The summed E-state index contributed by atoms with van der Waals surface area (Å²) < 4.78 is 0. The molecule has 28 heavy (non-hydrogen) atoms. The van der Waals surface area contributed by atoms with Crippen LogP contribution in [0.5, 0.6) is 0 Å². The average molecular weight is 401 g/mol. The van der Waals surface area contributed by atoms with Gasteiger partial charge in [0.05, 0.1) is 0 Å². The van der Waals surface area contributed by atoms with Crippen molar-refractivity contribution in [3.05, 3.63) is 41.2 Å². The third-order valence-electron chi connectivity index (χ3n) is 5.23. The summed E-state index contributed by atoms with van der Waals surface area (Å²) in [7, 11) is 0. The van der Waals surface area contributed by atoms with E-state index in [1.54, 1.807) is 24.3 Å². The maximum atomic E-state index is 12.5. The van der Waals surface area contributed by atoms with Gasteiger partial charge in [0.2, 0.25) is 0 Å². The summed E-state index contributed by atoms with van der Waals surface area (Å²) in [4.78, 5) is 28.1. The van der Waals surface area contributed by atoms with Gasteiger partial charge in [0.25, 0.3) is 0 Å². The molecule has 7 nitrogen and oxygen atoms in total. The molecular weight excluding hydrogens is 376 g/mol. The highest BCUT2D eigenvalue weighted by Crippen LogP contribution is 2.23. The molecule has 0 atom stereocenters. The molecule has 0 unspecified atom stereocenters. The molecule has 0 aliphatic carbocycles. The van der Waals surface area contributed by atoms with Gasteiger partial charge in [-0.05, 0) is 44.0 Å². The molecule has 2 saturated heterocycles. The number of aryl methyl sites for hydroxylation is 1. The second-order valence-electron chi connectivity index (χ2n) is 7.24. The van der Waals surface area contributed by atoms with Gasteiger partial charge in [-0.25, -0.2) is 14.8 Å². The number of urea groups is 1. The molecule has 1 aromatic carbocycles. The number of nitrogens with one attached hydrogen (secondary N) is 1. The predicted octanol–water partition coefficient (Wildman–Crippen LogP) is 3.39. The second-order valence-corrected chi connectivity index (χ2v) is 7.67. The van der Waals surface area contributed by atoms with Crippen molar-refractivity contribution in [3.63, 3.8) is 0 Å². The number of nitrogens with zero attached hydrogens (tertiary/aromatic N) is 5. The number of benzene rings is 1. The monoisotopic (exact) mass is 400 g/mol. The Labute approximate surface area is 170 Å². The Morgan fingerprint density at radius 2 is 1.50 bits per heavy atom. The molecule has 2 aliphatic heterocycles. The zero-order valence-corrected chi connectivity index (χ0v) is 16.8. The number of carbonyl (C=O) groups is 1. The van der Waals surface area contributed by atoms with Gasteiger partial charge in [-0.1, -0.05) is 11.6 Å². The van der Waals surface area contributed by atoms with Crippen LogP contribution in [0.1, 0.15) is 18.7 Å². The fourth-order valence-corrected chi connectivity index (χ4v) is 3.81. The van der Waals surface area contributed by atoms with E-state index in [4.69, 9.17) is 11.6 Å². The molecule has 4 rings (SSSR count). The van der Waals surface area contributed by atoms with Crippen molar-refractivity contribution in [2.45, 2.75) is 19.8 Å². The molecule has 1 aromatic heterocycles. The van der Waals surface area contributed by atoms with Crippen LogP contribution in [-0.2, 0) is 0 Å². The quantitative estimate of drug-likeness (QED) is 0.855. The van der Waals surface area contributed by atoms with E-state index in [-0.39, 0.29) is 6.03 Å². The van der Waals surface area contributed by atoms with Crippen LogP contribution in [0.15, 0.2) is 30.3 Å². The third-order valence-corrected chi connectivity index (χ3v) is 5.48. The van der Waals surface area contributed by atoms with E-state index in [1.165, 1.54) is 12.8 Å². The van der Waals surface area contributed by atoms with Crippen molar-refractivity contribution < 1.29 is 4.79 Å². The highest BCUT2D eigenvalue weighted by molar-refractivity contribution is 6.30. The van der Waals surface area contributed by atoms with Gasteiger partial charge in [-0.2, -0.15) is 0 Å². The van der Waals surface area contributed by atoms with Gasteiger partial charge < -0.3 is 20.0 Å². The van der Waals surface area contributed by atoms with Gasteiger partial charge in [0.1, 0.15) is 17.5 Å². The van der Waals surface area contributed by atoms with Gasteiger partial charge in [0.15, 0.2) is 0 Å². The average Bonchev–Trinajstić information content (AvgIpc) is 3.24. The highest BCUT2D eigenvalue weighted by atomic mass is 35.5. The third kappa shape index (κ3) is 4.30. The first-order valence-corrected chi connectivity index (χ1v) is 10.1. The Kier molecular flexibility index (Phi) is 5.52. The van der Waals surface area contributed by atoms with E-state index in [0.29, 0.717) is 18.1 Å². The van der Waals surface area contributed by atoms with Crippen LogP contribution >= 0.6 is 11.6 Å². The Bertz CT molecular complexity index is 829. The number of hydrogen-bond donors (Lipinski definition) is 1. The lowest BCUT2D eigenvalue weighted by atomic mass is 10.3. The van der Waals surface area contributed by atoms with E-state index in [9.17, 15) is 4.79 Å². The molecule has 2 amide bonds. The molecule has 2 fully saturated rings. The lowest BCUT2D eigenvalue weighted by Gasteiger charge is -2.35. The van der Waals surface area contributed by atoms with Crippen LogP contribution in [-0.4, -0.2) is 60.2 Å². The standard InChI is InChI=1S/C20H25ClN6O/c1-15-22-18(25-8-2-3-9-25)14-19(23-15)26-10-12-27(13-11-26)20(28)24-17-6-4-16(21)5-7-17/h4-7,14H,2-3,8-13H2,1H3,(H,24,28). The first-order valence-electron chi connectivity index (χ1n) is 9.75. The summed E-state index contributed by atoms with van der Waals surface area (Å²) in [6, 6.07) is 9.15. The zero-order chi connectivity index (χ0) is 19.5. The van der Waals surface area contributed by atoms with Crippen molar-refractivity contribution in [2.24, 2.45) is 0 Å². The smallest absolute Gasteiger partial charge is 0.321 e. The van der Waals surface area contributed by atoms with Crippen LogP contribution in [0.25, 0.3) is 0 Å². The molecule has 8 heteroatoms. The Balaban J connectivity index is 1.37. The van der Waals surface area contributed by atoms with Gasteiger partial charge in [-0.3, -0.25) is 0 Å². The zero-order valence-electron chi connectivity index (χ0n) is 16.1. The number of rotatable bonds is 3. The fraction of sp³-hybridized carbons (Fsp3) is 0.450. The molecule has 0 saturated carbocycles. The van der Waals surface area contributed by atoms with Gasteiger partial charge >= 0.3 is 6.03 Å². The minimum absolute atomic E-state index is 0.0846. The lowest BCUT2D eigenvalue weighted by Crippen LogP contribution is -2.50. The van der Waals surface area contributed by atoms with Crippen molar-refractivity contribution in [3.8, 4) is 0 Å². The molecule has 3 heterocycles. The molecule has 0 spiro atoms. The van der Waals surface area contributed by atoms with Crippen molar-refractivity contribution in [1.82, 2.24) is 14.9 Å². The molecule has 0 bridgehead atoms. The number of carbonyl (C=O) groups excluding carboxylic acids is 1. The number of amides is 2. The number of aromatic nitrogens is 2. The molecular formula is C20H25ClN6O. The first kappa shape index (κ1) is 18.8. The largest absolute Gasteiger partial charge is 0.356 e. The normalized spacial score (nSPS) is 17.1. The number of piperazine rings is 1. The summed E-state index contributed by atoms with van der Waals surface area (Å²) in [5.74, 6) is 2.76. The van der Waals surface area contributed by atoms with Crippen LogP contribution < -0.4 is 15.1 Å². The van der Waals surface area contributed by atoms with Crippen LogP contribution in [0.3, 0.4) is 0 Å². The topological polar surface area (TPSA) is 64.6 Å². The summed E-state index contributed by atoms with van der Waals surface area (Å²) in [5.41, 5.74) is 0.749. The Hall–Kier alpha value is -2.54. The fourth-order valence-electron chi connectivity index (χ4n) is 3.68. The van der Waals surface area contributed by atoms with E-state index in [0.717, 1.165) is 49.3 Å². The molecule has 0 radical (unpaired) electrons. The first-order chi connectivity index (χ1) is 13.6. The van der Waals surface area contributed by atoms with E-state index < -0.39 is 0 Å². The lowest BCUT2D eigenvalue weighted by molar-refractivity contribution is 0.208. The summed E-state index contributed by atoms with van der Waals surface area (Å²) >= 11 is 5.89. The van der Waals surface area contributed by atoms with E-state index >= 15 is 0 Å². The van der Waals surface area contributed by atoms with Gasteiger partial charge in [-0.15, -0.1) is 0 Å². The van der Waals surface area contributed by atoms with Crippen molar-refractivity contribution in [1.29, 1.82) is 0 Å². The molecule has 148 valence electrons. The molecule has 1 N–H and O–H groups in total. The molecule has 2 aliphatic rings. The summed E-state index contributed by atoms with van der Waals surface area (Å²) in [6.07, 6.45) is 2.44. The maximum Gasteiger partial charge on any atom is 0.321 e. The van der Waals surface area contributed by atoms with Crippen LogP contribution in [0.2, 0.25) is 5.02 Å². The van der Waals surface area contributed by atoms with Crippen LogP contribution in [0, 0.1) is 6.92 Å². The predicted molar refractivity (Wildman–Crippen MR) is 112 cm³/mol. The highest BCUT2D eigenvalue weighted by Gasteiger charge is 2.23. The number of halogens is 1. The minimum Gasteiger partial charge on any atom is -0.356 e. The maximum absolute atomic E-state index is 12.5. The van der Waals surface area contributed by atoms with E-state index in [1.807, 2.05) is 11.8 Å². The SMILES string of the molecule is Cc1nc(N2CCCC2)cc(N2CCN(C(=O)Nc3ccc(Cl)cc3)CC2)n1. The van der Waals surface area contributed by atoms with Crippen molar-refractivity contribution in [2.75, 3.05) is 54.4 Å². The second kappa shape index (κ2) is 8.22.